The van der Waals surface area contributed by atoms with E-state index in [2.05, 4.69) is 39.5 Å². The molecule has 0 spiro atoms. The predicted molar refractivity (Wildman–Crippen MR) is 58.6 cm³/mol. The summed E-state index contributed by atoms with van der Waals surface area (Å²) in [4.78, 5) is 2.07. The molecule has 1 nitrogen and oxygen atoms in total. The van der Waals surface area contributed by atoms with Crippen molar-refractivity contribution in [2.45, 2.75) is 0 Å². The van der Waals surface area contributed by atoms with E-state index in [0.717, 1.165) is 10.0 Å². The molecule has 0 aliphatic rings. The Labute approximate surface area is 81.8 Å². The summed E-state index contributed by atoms with van der Waals surface area (Å²) in [6.45, 7) is 3.71. The van der Waals surface area contributed by atoms with Crippen LogP contribution in [0.25, 0.3) is 6.08 Å². The molecule has 1 aromatic rings. The van der Waals surface area contributed by atoms with Gasteiger partial charge in [-0.1, -0.05) is 18.7 Å². The van der Waals surface area contributed by atoms with Crippen molar-refractivity contribution in [1.82, 2.24) is 0 Å². The number of nitrogens with zero attached hydrogens (tertiary/aromatic N) is 1. The van der Waals surface area contributed by atoms with Gasteiger partial charge in [-0.05, 0) is 33.6 Å². The second-order valence-corrected chi connectivity index (χ2v) is 3.66. The standard InChI is InChI=1S/C10H12BrN/c1-4-8-5-6-10(12(2)3)9(11)7-8/h4-7H,1H2,2-3H3. The van der Waals surface area contributed by atoms with Crippen molar-refractivity contribution in [1.29, 1.82) is 0 Å². The van der Waals surface area contributed by atoms with Gasteiger partial charge >= 0.3 is 0 Å². The zero-order valence-corrected chi connectivity index (χ0v) is 8.93. The first-order valence-corrected chi connectivity index (χ1v) is 4.53. The fourth-order valence-electron chi connectivity index (χ4n) is 1.01. The maximum absolute atomic E-state index is 3.71. The van der Waals surface area contributed by atoms with Gasteiger partial charge in [0.25, 0.3) is 0 Å². The highest BCUT2D eigenvalue weighted by molar-refractivity contribution is 9.10. The van der Waals surface area contributed by atoms with Gasteiger partial charge in [-0.2, -0.15) is 0 Å². The van der Waals surface area contributed by atoms with Gasteiger partial charge in [0.1, 0.15) is 0 Å². The van der Waals surface area contributed by atoms with Crippen molar-refractivity contribution in [2.24, 2.45) is 0 Å². The third-order valence-corrected chi connectivity index (χ3v) is 2.32. The summed E-state index contributed by atoms with van der Waals surface area (Å²) in [5, 5.41) is 0. The van der Waals surface area contributed by atoms with Gasteiger partial charge in [0, 0.05) is 18.6 Å². The van der Waals surface area contributed by atoms with Crippen LogP contribution in [0.2, 0.25) is 0 Å². The highest BCUT2D eigenvalue weighted by atomic mass is 79.9. The monoisotopic (exact) mass is 225 g/mol. The van der Waals surface area contributed by atoms with Crippen LogP contribution in [-0.2, 0) is 0 Å². The second-order valence-electron chi connectivity index (χ2n) is 2.81. The maximum Gasteiger partial charge on any atom is 0.0505 e. The molecule has 0 radical (unpaired) electrons. The number of benzene rings is 1. The number of rotatable bonds is 2. The van der Waals surface area contributed by atoms with E-state index < -0.39 is 0 Å². The molecule has 0 unspecified atom stereocenters. The fourth-order valence-corrected chi connectivity index (χ4v) is 1.76. The summed E-state index contributed by atoms with van der Waals surface area (Å²) in [6, 6.07) is 6.18. The topological polar surface area (TPSA) is 3.24 Å². The average Bonchev–Trinajstić information content (AvgIpc) is 2.03. The predicted octanol–water partition coefficient (Wildman–Crippen LogP) is 3.16. The number of hydrogen-bond acceptors (Lipinski definition) is 1. The van der Waals surface area contributed by atoms with Gasteiger partial charge in [0.2, 0.25) is 0 Å². The van der Waals surface area contributed by atoms with E-state index in [-0.39, 0.29) is 0 Å². The van der Waals surface area contributed by atoms with Crippen LogP contribution in [0.1, 0.15) is 5.56 Å². The minimum atomic E-state index is 1.10. The molecule has 0 saturated heterocycles. The van der Waals surface area contributed by atoms with Crippen molar-refractivity contribution in [3.63, 3.8) is 0 Å². The van der Waals surface area contributed by atoms with Crippen molar-refractivity contribution < 1.29 is 0 Å². The molecule has 0 heterocycles. The van der Waals surface area contributed by atoms with Crippen LogP contribution in [0, 0.1) is 0 Å². The number of hydrogen-bond donors (Lipinski definition) is 0. The molecule has 0 bridgehead atoms. The number of anilines is 1. The van der Waals surface area contributed by atoms with Gasteiger partial charge in [-0.3, -0.25) is 0 Å². The van der Waals surface area contributed by atoms with Gasteiger partial charge in [0.05, 0.1) is 5.69 Å². The lowest BCUT2D eigenvalue weighted by Gasteiger charge is -2.14. The van der Waals surface area contributed by atoms with Crippen LogP contribution in [0.4, 0.5) is 5.69 Å². The van der Waals surface area contributed by atoms with Gasteiger partial charge < -0.3 is 4.90 Å². The molecular weight excluding hydrogens is 214 g/mol. The summed E-state index contributed by atoms with van der Waals surface area (Å²) in [7, 11) is 4.04. The molecule has 0 aliphatic heterocycles. The third-order valence-electron chi connectivity index (χ3n) is 1.69. The highest BCUT2D eigenvalue weighted by Crippen LogP contribution is 2.25. The van der Waals surface area contributed by atoms with Gasteiger partial charge in [0.15, 0.2) is 0 Å². The lowest BCUT2D eigenvalue weighted by atomic mass is 10.2. The van der Waals surface area contributed by atoms with Crippen molar-refractivity contribution in [3.8, 4) is 0 Å². The van der Waals surface area contributed by atoms with Gasteiger partial charge in [-0.15, -0.1) is 0 Å². The first-order chi connectivity index (χ1) is 5.65. The Morgan fingerprint density at radius 2 is 2.08 bits per heavy atom. The average molecular weight is 226 g/mol. The molecule has 1 aromatic carbocycles. The molecule has 0 N–H and O–H groups in total. The Balaban J connectivity index is 3.11. The van der Waals surface area contributed by atoms with Crippen LogP contribution in [0.3, 0.4) is 0 Å². The summed E-state index contributed by atoms with van der Waals surface area (Å²) in [5.74, 6) is 0. The molecule has 0 fully saturated rings. The molecule has 1 rings (SSSR count). The Hall–Kier alpha value is -0.760. The van der Waals surface area contributed by atoms with E-state index in [1.165, 1.54) is 5.69 Å². The van der Waals surface area contributed by atoms with E-state index in [1.54, 1.807) is 0 Å². The minimum Gasteiger partial charge on any atom is -0.377 e. The summed E-state index contributed by atoms with van der Waals surface area (Å²) in [5.41, 5.74) is 2.31. The van der Waals surface area contributed by atoms with Crippen LogP contribution < -0.4 is 4.90 Å². The minimum absolute atomic E-state index is 1.10. The van der Waals surface area contributed by atoms with Gasteiger partial charge in [-0.25, -0.2) is 0 Å². The molecule has 0 atom stereocenters. The molecule has 64 valence electrons. The van der Waals surface area contributed by atoms with Crippen molar-refractivity contribution in [3.05, 3.63) is 34.8 Å². The Morgan fingerprint density at radius 3 is 2.50 bits per heavy atom. The highest BCUT2D eigenvalue weighted by Gasteiger charge is 2.00. The fraction of sp³-hybridized carbons (Fsp3) is 0.200. The van der Waals surface area contributed by atoms with Crippen LogP contribution in [-0.4, -0.2) is 14.1 Å². The summed E-state index contributed by atoms with van der Waals surface area (Å²) < 4.78 is 1.10. The molecule has 0 aliphatic carbocycles. The summed E-state index contributed by atoms with van der Waals surface area (Å²) in [6.07, 6.45) is 1.84. The van der Waals surface area contributed by atoms with Crippen LogP contribution in [0.15, 0.2) is 29.3 Å². The van der Waals surface area contributed by atoms with E-state index in [1.807, 2.05) is 26.2 Å². The van der Waals surface area contributed by atoms with Crippen LogP contribution >= 0.6 is 15.9 Å². The molecule has 2 heteroatoms. The second kappa shape index (κ2) is 3.76. The largest absolute Gasteiger partial charge is 0.377 e. The SMILES string of the molecule is C=Cc1ccc(N(C)C)c(Br)c1. The van der Waals surface area contributed by atoms with E-state index >= 15 is 0 Å². The summed E-state index contributed by atoms with van der Waals surface area (Å²) >= 11 is 3.50. The Morgan fingerprint density at radius 1 is 1.42 bits per heavy atom. The lowest BCUT2D eigenvalue weighted by Crippen LogP contribution is -2.08. The zero-order chi connectivity index (χ0) is 9.14. The molecule has 12 heavy (non-hydrogen) atoms. The van der Waals surface area contributed by atoms with E-state index in [9.17, 15) is 0 Å². The van der Waals surface area contributed by atoms with Crippen molar-refractivity contribution in [2.75, 3.05) is 19.0 Å². The normalized spacial score (nSPS) is 9.58. The van der Waals surface area contributed by atoms with Crippen molar-refractivity contribution >= 4 is 27.7 Å². The first kappa shape index (κ1) is 9.33. The Kier molecular flexibility index (Phi) is 2.93. The Bertz CT molecular complexity index is 292. The molecule has 0 aromatic heterocycles. The molecule has 0 saturated carbocycles. The maximum atomic E-state index is 3.71. The quantitative estimate of drug-likeness (QED) is 0.748. The van der Waals surface area contributed by atoms with E-state index in [4.69, 9.17) is 0 Å². The zero-order valence-electron chi connectivity index (χ0n) is 7.34. The number of halogens is 1. The lowest BCUT2D eigenvalue weighted by molar-refractivity contribution is 1.12. The smallest absolute Gasteiger partial charge is 0.0505 e. The molecular formula is C10H12BrN. The van der Waals surface area contributed by atoms with E-state index in [0.29, 0.717) is 0 Å². The van der Waals surface area contributed by atoms with Crippen LogP contribution in [0.5, 0.6) is 0 Å². The first-order valence-electron chi connectivity index (χ1n) is 3.74. The third kappa shape index (κ3) is 1.89. The molecule has 0 amide bonds.